The molecule has 4 N–H and O–H groups in total. The van der Waals surface area contributed by atoms with Crippen LogP contribution in [0.1, 0.15) is 20.7 Å². The Morgan fingerprint density at radius 1 is 0.962 bits per heavy atom. The standard InChI is InChI=1S/C12H9ClN2O2.C6H6N2O/c13-8-1-3-9(4-2-8)15-11-7-14-6-5-10(11)12(16)17;7-6(9)5-1-3-8-4-2-5/h1-7,15H,(H,16,17);1-4H,(H2,7,9). The lowest BCUT2D eigenvalue weighted by molar-refractivity contribution is 0.0697. The predicted octanol–water partition coefficient (Wildman–Crippen LogP) is 3.36. The highest BCUT2D eigenvalue weighted by Crippen LogP contribution is 2.21. The fourth-order valence-electron chi connectivity index (χ4n) is 1.89. The lowest BCUT2D eigenvalue weighted by Gasteiger charge is -2.08. The molecule has 3 rings (SSSR count). The number of nitrogens with two attached hydrogens (primary N) is 1. The van der Waals surface area contributed by atoms with Gasteiger partial charge in [-0.15, -0.1) is 0 Å². The maximum Gasteiger partial charge on any atom is 0.337 e. The van der Waals surface area contributed by atoms with Gasteiger partial charge in [0.15, 0.2) is 0 Å². The number of nitrogens with zero attached hydrogens (tertiary/aromatic N) is 2. The molecule has 2 aromatic heterocycles. The minimum atomic E-state index is -0.996. The summed E-state index contributed by atoms with van der Waals surface area (Å²) in [6, 6.07) is 11.6. The number of primary amides is 1. The number of anilines is 2. The molecule has 0 saturated carbocycles. The average Bonchev–Trinajstić information content (AvgIpc) is 2.65. The lowest BCUT2D eigenvalue weighted by atomic mass is 10.2. The van der Waals surface area contributed by atoms with E-state index in [0.29, 0.717) is 16.3 Å². The van der Waals surface area contributed by atoms with Gasteiger partial charge in [0.05, 0.1) is 17.4 Å². The zero-order chi connectivity index (χ0) is 18.9. The van der Waals surface area contributed by atoms with Gasteiger partial charge in [-0.05, 0) is 42.5 Å². The molecule has 0 aliphatic heterocycles. The Bertz CT molecular complexity index is 886. The van der Waals surface area contributed by atoms with Crippen molar-refractivity contribution in [3.63, 3.8) is 0 Å². The summed E-state index contributed by atoms with van der Waals surface area (Å²) < 4.78 is 0. The van der Waals surface area contributed by atoms with Crippen molar-refractivity contribution < 1.29 is 14.7 Å². The van der Waals surface area contributed by atoms with Crippen LogP contribution in [0.4, 0.5) is 11.4 Å². The minimum absolute atomic E-state index is 0.176. The molecule has 0 spiro atoms. The number of hydrogen-bond donors (Lipinski definition) is 3. The summed E-state index contributed by atoms with van der Waals surface area (Å²) in [5.41, 5.74) is 6.81. The van der Waals surface area contributed by atoms with E-state index in [9.17, 15) is 9.59 Å². The molecule has 0 atom stereocenters. The van der Waals surface area contributed by atoms with Crippen LogP contribution in [-0.2, 0) is 0 Å². The summed E-state index contributed by atoms with van der Waals surface area (Å²) in [6.07, 6.45) is 5.97. The number of carboxylic acids is 1. The van der Waals surface area contributed by atoms with Crippen molar-refractivity contribution in [2.24, 2.45) is 5.73 Å². The summed E-state index contributed by atoms with van der Waals surface area (Å²) in [4.78, 5) is 29.0. The monoisotopic (exact) mass is 370 g/mol. The second kappa shape index (κ2) is 9.14. The smallest absolute Gasteiger partial charge is 0.337 e. The van der Waals surface area contributed by atoms with Crippen LogP contribution in [0.15, 0.2) is 67.3 Å². The molecule has 0 aliphatic carbocycles. The third-order valence-electron chi connectivity index (χ3n) is 3.14. The van der Waals surface area contributed by atoms with E-state index in [4.69, 9.17) is 22.4 Å². The van der Waals surface area contributed by atoms with Crippen LogP contribution in [0.5, 0.6) is 0 Å². The van der Waals surface area contributed by atoms with Gasteiger partial charge in [0.1, 0.15) is 0 Å². The van der Waals surface area contributed by atoms with Gasteiger partial charge < -0.3 is 16.2 Å². The Morgan fingerprint density at radius 3 is 2.12 bits per heavy atom. The van der Waals surface area contributed by atoms with Crippen molar-refractivity contribution in [1.29, 1.82) is 0 Å². The van der Waals surface area contributed by atoms with Crippen molar-refractivity contribution in [1.82, 2.24) is 9.97 Å². The highest BCUT2D eigenvalue weighted by molar-refractivity contribution is 6.30. The largest absolute Gasteiger partial charge is 0.478 e. The molecule has 132 valence electrons. The van der Waals surface area contributed by atoms with Crippen molar-refractivity contribution in [3.8, 4) is 0 Å². The van der Waals surface area contributed by atoms with Crippen molar-refractivity contribution in [3.05, 3.63) is 83.4 Å². The third kappa shape index (κ3) is 5.57. The number of pyridine rings is 2. The van der Waals surface area contributed by atoms with Gasteiger partial charge in [-0.1, -0.05) is 11.6 Å². The molecule has 7 nitrogen and oxygen atoms in total. The van der Waals surface area contributed by atoms with E-state index in [1.807, 2.05) is 0 Å². The summed E-state index contributed by atoms with van der Waals surface area (Å²) in [7, 11) is 0. The number of carbonyl (C=O) groups is 2. The van der Waals surface area contributed by atoms with E-state index in [0.717, 1.165) is 5.69 Å². The summed E-state index contributed by atoms with van der Waals surface area (Å²) >= 11 is 5.76. The van der Waals surface area contributed by atoms with Gasteiger partial charge in [-0.25, -0.2) is 4.79 Å². The van der Waals surface area contributed by atoms with Crippen molar-refractivity contribution in [2.45, 2.75) is 0 Å². The van der Waals surface area contributed by atoms with E-state index in [2.05, 4.69) is 15.3 Å². The van der Waals surface area contributed by atoms with E-state index in [1.165, 1.54) is 30.9 Å². The van der Waals surface area contributed by atoms with Gasteiger partial charge in [0.25, 0.3) is 0 Å². The zero-order valence-electron chi connectivity index (χ0n) is 13.5. The Balaban J connectivity index is 0.000000228. The van der Waals surface area contributed by atoms with Crippen LogP contribution in [-0.4, -0.2) is 27.0 Å². The fraction of sp³-hybridized carbons (Fsp3) is 0. The first-order chi connectivity index (χ1) is 12.5. The van der Waals surface area contributed by atoms with Gasteiger partial charge >= 0.3 is 5.97 Å². The Hall–Kier alpha value is -3.45. The van der Waals surface area contributed by atoms with Gasteiger partial charge in [-0.3, -0.25) is 14.8 Å². The number of amides is 1. The fourth-order valence-corrected chi connectivity index (χ4v) is 2.01. The van der Waals surface area contributed by atoms with E-state index >= 15 is 0 Å². The van der Waals surface area contributed by atoms with E-state index in [1.54, 1.807) is 36.4 Å². The number of nitrogens with one attached hydrogen (secondary N) is 1. The average molecular weight is 371 g/mol. The van der Waals surface area contributed by atoms with Crippen LogP contribution < -0.4 is 11.1 Å². The maximum atomic E-state index is 11.0. The number of aromatic carboxylic acids is 1. The number of halogens is 1. The molecular weight excluding hydrogens is 356 g/mol. The molecule has 26 heavy (non-hydrogen) atoms. The Morgan fingerprint density at radius 2 is 1.58 bits per heavy atom. The van der Waals surface area contributed by atoms with Crippen LogP contribution in [0.25, 0.3) is 0 Å². The Kier molecular flexibility index (Phi) is 6.64. The topological polar surface area (TPSA) is 118 Å². The molecule has 1 aromatic carbocycles. The molecular formula is C18H15ClN4O3. The maximum absolute atomic E-state index is 11.0. The first kappa shape index (κ1) is 18.9. The normalized spacial score (nSPS) is 9.58. The molecule has 3 aromatic rings. The van der Waals surface area contributed by atoms with Crippen molar-refractivity contribution >= 4 is 34.9 Å². The highest BCUT2D eigenvalue weighted by Gasteiger charge is 2.09. The predicted molar refractivity (Wildman–Crippen MR) is 98.7 cm³/mol. The SMILES string of the molecule is NC(=O)c1ccncc1.O=C(O)c1ccncc1Nc1ccc(Cl)cc1. The second-order valence-electron chi connectivity index (χ2n) is 4.96. The molecule has 0 fully saturated rings. The van der Waals surface area contributed by atoms with Gasteiger partial charge in [0, 0.05) is 34.9 Å². The molecule has 0 bridgehead atoms. The van der Waals surface area contributed by atoms with Crippen LogP contribution in [0.2, 0.25) is 5.02 Å². The number of carboxylic acid groups (broad SMARTS) is 1. The zero-order valence-corrected chi connectivity index (χ0v) is 14.2. The number of aromatic nitrogens is 2. The number of carbonyl (C=O) groups excluding carboxylic acids is 1. The molecule has 0 radical (unpaired) electrons. The van der Waals surface area contributed by atoms with Gasteiger partial charge in [0.2, 0.25) is 5.91 Å². The lowest BCUT2D eigenvalue weighted by Crippen LogP contribution is -2.10. The first-order valence-electron chi connectivity index (χ1n) is 7.37. The number of benzene rings is 1. The summed E-state index contributed by atoms with van der Waals surface area (Å²) in [5.74, 6) is -1.42. The van der Waals surface area contributed by atoms with E-state index < -0.39 is 11.9 Å². The van der Waals surface area contributed by atoms with Gasteiger partial charge in [-0.2, -0.15) is 0 Å². The van der Waals surface area contributed by atoms with E-state index in [-0.39, 0.29) is 5.56 Å². The van der Waals surface area contributed by atoms with Crippen LogP contribution in [0, 0.1) is 0 Å². The van der Waals surface area contributed by atoms with Crippen molar-refractivity contribution in [2.75, 3.05) is 5.32 Å². The molecule has 1 amide bonds. The molecule has 2 heterocycles. The first-order valence-corrected chi connectivity index (χ1v) is 7.75. The highest BCUT2D eigenvalue weighted by atomic mass is 35.5. The summed E-state index contributed by atoms with van der Waals surface area (Å²) in [6.45, 7) is 0. The second-order valence-corrected chi connectivity index (χ2v) is 5.39. The molecule has 0 unspecified atom stereocenters. The molecule has 0 saturated heterocycles. The number of hydrogen-bond acceptors (Lipinski definition) is 5. The molecule has 0 aliphatic rings. The van der Waals surface area contributed by atoms with Crippen LogP contribution in [0.3, 0.4) is 0 Å². The number of rotatable bonds is 4. The minimum Gasteiger partial charge on any atom is -0.478 e. The molecule has 8 heteroatoms. The quantitative estimate of drug-likeness (QED) is 0.648. The summed E-state index contributed by atoms with van der Waals surface area (Å²) in [5, 5.41) is 12.6. The third-order valence-corrected chi connectivity index (χ3v) is 3.39. The Labute approximate surface area is 154 Å². The van der Waals surface area contributed by atoms with Crippen LogP contribution >= 0.6 is 11.6 Å².